The number of aryl methyl sites for hydroxylation is 1. The maximum Gasteiger partial charge on any atom is 0.306 e. The van der Waals surface area contributed by atoms with Crippen molar-refractivity contribution in [2.75, 3.05) is 25.5 Å². The summed E-state index contributed by atoms with van der Waals surface area (Å²) < 4.78 is 35.8. The van der Waals surface area contributed by atoms with Crippen molar-refractivity contribution in [2.45, 2.75) is 32.0 Å². The summed E-state index contributed by atoms with van der Waals surface area (Å²) in [5, 5.41) is 12.4. The predicted molar refractivity (Wildman–Crippen MR) is 137 cm³/mol. The third-order valence-electron chi connectivity index (χ3n) is 7.07. The SMILES string of the molecule is COC1C=CC(c2cnc3c(Nc4ccc(C(=O)N5CCC(C(=O)O)CC5)c(C)c4)nccn23)=C(F)C1F. The van der Waals surface area contributed by atoms with Crippen LogP contribution in [-0.2, 0) is 9.53 Å². The number of allylic oxidation sites excluding steroid dienone is 2. The third-order valence-corrected chi connectivity index (χ3v) is 7.07. The number of benzene rings is 1. The van der Waals surface area contributed by atoms with E-state index in [1.165, 1.54) is 31.7 Å². The minimum Gasteiger partial charge on any atom is -0.481 e. The van der Waals surface area contributed by atoms with Crippen molar-refractivity contribution in [3.8, 4) is 0 Å². The molecule has 1 aromatic carbocycles. The number of likely N-dealkylation sites (tertiary alicyclic amines) is 1. The number of hydrogen-bond donors (Lipinski definition) is 2. The highest BCUT2D eigenvalue weighted by molar-refractivity contribution is 5.96. The Kier molecular flexibility index (Phi) is 6.94. The van der Waals surface area contributed by atoms with Crippen LogP contribution in [0.1, 0.15) is 34.5 Å². The van der Waals surface area contributed by atoms with Gasteiger partial charge in [-0.2, -0.15) is 0 Å². The molecular formula is C27H27F2N5O4. The molecule has 2 atom stereocenters. The lowest BCUT2D eigenvalue weighted by Crippen LogP contribution is -2.40. The van der Waals surface area contributed by atoms with E-state index in [1.807, 2.05) is 13.0 Å². The molecule has 38 heavy (non-hydrogen) atoms. The first-order valence-electron chi connectivity index (χ1n) is 12.3. The van der Waals surface area contributed by atoms with E-state index in [2.05, 4.69) is 15.3 Å². The number of nitrogens with zero attached hydrogens (tertiary/aromatic N) is 4. The first kappa shape index (κ1) is 25.5. The Morgan fingerprint density at radius 2 is 1.97 bits per heavy atom. The summed E-state index contributed by atoms with van der Waals surface area (Å²) in [6, 6.07) is 5.29. The maximum absolute atomic E-state index is 14.8. The zero-order valence-corrected chi connectivity index (χ0v) is 20.9. The molecule has 2 unspecified atom stereocenters. The average molecular weight is 524 g/mol. The topological polar surface area (TPSA) is 109 Å². The van der Waals surface area contributed by atoms with Gasteiger partial charge in [0, 0.05) is 49.4 Å². The normalized spacial score (nSPS) is 20.3. The van der Waals surface area contributed by atoms with E-state index >= 15 is 0 Å². The average Bonchev–Trinajstić information content (AvgIpc) is 3.35. The molecule has 11 heteroatoms. The Bertz CT molecular complexity index is 1460. The van der Waals surface area contributed by atoms with Crippen LogP contribution in [0, 0.1) is 12.8 Å². The van der Waals surface area contributed by atoms with Crippen molar-refractivity contribution in [2.24, 2.45) is 5.92 Å². The summed E-state index contributed by atoms with van der Waals surface area (Å²) >= 11 is 0. The number of amides is 1. The molecule has 2 aliphatic rings. The van der Waals surface area contributed by atoms with E-state index in [0.717, 1.165) is 5.56 Å². The number of aromatic nitrogens is 3. The molecule has 1 aliphatic heterocycles. The highest BCUT2D eigenvalue weighted by Gasteiger charge is 2.31. The van der Waals surface area contributed by atoms with Gasteiger partial charge in [0.1, 0.15) is 11.9 Å². The van der Waals surface area contributed by atoms with Gasteiger partial charge < -0.3 is 20.1 Å². The van der Waals surface area contributed by atoms with Gasteiger partial charge >= 0.3 is 5.97 Å². The standard InChI is InChI=1S/C27H27F2N5O4/c1-15-13-17(3-4-18(15)26(35)33-10-7-16(8-11-33)27(36)37)32-24-25-31-14-20(34(25)12-9-30-24)19-5-6-21(38-2)23(29)22(19)28/h3-6,9,12-14,16,21,23H,7-8,10-11H2,1-2H3,(H,30,32)(H,36,37). The van der Waals surface area contributed by atoms with Gasteiger partial charge in [-0.25, -0.2) is 18.7 Å². The number of alkyl halides is 1. The number of imidazole rings is 1. The van der Waals surface area contributed by atoms with Crippen LogP contribution in [0.25, 0.3) is 11.2 Å². The number of carbonyl (C=O) groups is 2. The number of ether oxygens (including phenoxy) is 1. The zero-order chi connectivity index (χ0) is 27.0. The third kappa shape index (κ3) is 4.65. The number of anilines is 2. The first-order chi connectivity index (χ1) is 18.3. The second-order valence-corrected chi connectivity index (χ2v) is 9.40. The Labute approximate surface area is 217 Å². The largest absolute Gasteiger partial charge is 0.481 e. The number of piperidine rings is 1. The molecule has 0 spiro atoms. The van der Waals surface area contributed by atoms with Crippen molar-refractivity contribution in [3.05, 3.63) is 71.6 Å². The fourth-order valence-electron chi connectivity index (χ4n) is 4.89. The van der Waals surface area contributed by atoms with Gasteiger partial charge in [-0.3, -0.25) is 14.0 Å². The second kappa shape index (κ2) is 10.3. The number of fused-ring (bicyclic) bond motifs is 1. The molecular weight excluding hydrogens is 496 g/mol. The summed E-state index contributed by atoms with van der Waals surface area (Å²) in [6.07, 6.45) is 5.57. The quantitative estimate of drug-likeness (QED) is 0.495. The molecule has 2 aromatic heterocycles. The second-order valence-electron chi connectivity index (χ2n) is 9.40. The summed E-state index contributed by atoms with van der Waals surface area (Å²) in [6.45, 7) is 2.64. The van der Waals surface area contributed by atoms with Crippen molar-refractivity contribution < 1.29 is 28.2 Å². The summed E-state index contributed by atoms with van der Waals surface area (Å²) in [5.41, 5.74) is 2.84. The van der Waals surface area contributed by atoms with Gasteiger partial charge in [0.05, 0.1) is 17.8 Å². The number of carbonyl (C=O) groups excluding carboxylic acids is 1. The molecule has 0 bridgehead atoms. The van der Waals surface area contributed by atoms with E-state index in [0.29, 0.717) is 54.3 Å². The van der Waals surface area contributed by atoms with Gasteiger partial charge in [-0.1, -0.05) is 12.2 Å². The Balaban J connectivity index is 1.36. The zero-order valence-electron chi connectivity index (χ0n) is 20.9. The minimum atomic E-state index is -1.90. The predicted octanol–water partition coefficient (Wildman–Crippen LogP) is 4.32. The number of carboxylic acids is 1. The number of carboxylic acid groups (broad SMARTS) is 1. The number of aliphatic carboxylic acids is 1. The lowest BCUT2D eigenvalue weighted by atomic mass is 9.96. The molecule has 1 aliphatic carbocycles. The van der Waals surface area contributed by atoms with Gasteiger partial charge in [0.25, 0.3) is 5.91 Å². The van der Waals surface area contributed by atoms with E-state index in [4.69, 9.17) is 4.74 Å². The van der Waals surface area contributed by atoms with Crippen LogP contribution in [0.2, 0.25) is 0 Å². The fourth-order valence-corrected chi connectivity index (χ4v) is 4.89. The molecule has 2 N–H and O–H groups in total. The van der Waals surface area contributed by atoms with Gasteiger partial charge in [-0.05, 0) is 43.5 Å². The highest BCUT2D eigenvalue weighted by atomic mass is 19.2. The van der Waals surface area contributed by atoms with Crippen LogP contribution in [-0.4, -0.2) is 68.7 Å². The number of nitrogens with one attached hydrogen (secondary N) is 1. The summed E-state index contributed by atoms with van der Waals surface area (Å²) in [4.78, 5) is 34.7. The molecule has 1 amide bonds. The smallest absolute Gasteiger partial charge is 0.306 e. The van der Waals surface area contributed by atoms with E-state index in [-0.39, 0.29) is 11.5 Å². The summed E-state index contributed by atoms with van der Waals surface area (Å²) in [5.74, 6) is -1.88. The molecule has 1 saturated heterocycles. The molecule has 1 fully saturated rings. The molecule has 0 radical (unpaired) electrons. The number of hydrogen-bond acceptors (Lipinski definition) is 6. The van der Waals surface area contributed by atoms with Crippen LogP contribution in [0.3, 0.4) is 0 Å². The lowest BCUT2D eigenvalue weighted by Gasteiger charge is -2.30. The molecule has 0 saturated carbocycles. The van der Waals surface area contributed by atoms with Crippen molar-refractivity contribution >= 4 is 34.6 Å². The Morgan fingerprint density at radius 1 is 1.21 bits per heavy atom. The van der Waals surface area contributed by atoms with Crippen LogP contribution in [0.15, 0.2) is 54.8 Å². The van der Waals surface area contributed by atoms with E-state index in [1.54, 1.807) is 27.6 Å². The first-order valence-corrected chi connectivity index (χ1v) is 12.3. The van der Waals surface area contributed by atoms with E-state index < -0.39 is 30.0 Å². The lowest BCUT2D eigenvalue weighted by molar-refractivity contribution is -0.143. The van der Waals surface area contributed by atoms with Crippen molar-refractivity contribution in [1.29, 1.82) is 0 Å². The highest BCUT2D eigenvalue weighted by Crippen LogP contribution is 2.33. The number of methoxy groups -OCH3 is 1. The van der Waals surface area contributed by atoms with E-state index in [9.17, 15) is 23.5 Å². The van der Waals surface area contributed by atoms with Crippen molar-refractivity contribution in [1.82, 2.24) is 19.3 Å². The van der Waals surface area contributed by atoms with Crippen LogP contribution >= 0.6 is 0 Å². The summed E-state index contributed by atoms with van der Waals surface area (Å²) in [7, 11) is 1.33. The van der Waals surface area contributed by atoms with Crippen LogP contribution in [0.5, 0.6) is 0 Å². The monoisotopic (exact) mass is 523 g/mol. The Hall–Kier alpha value is -4.12. The maximum atomic E-state index is 14.8. The van der Waals surface area contributed by atoms with Crippen LogP contribution < -0.4 is 5.32 Å². The minimum absolute atomic E-state index is 0.0848. The molecule has 198 valence electrons. The van der Waals surface area contributed by atoms with Gasteiger partial charge in [0.2, 0.25) is 0 Å². The molecule has 5 rings (SSSR count). The number of halogens is 2. The molecule has 3 aromatic rings. The fraction of sp³-hybridized carbons (Fsp3) is 0.333. The van der Waals surface area contributed by atoms with Gasteiger partial charge in [0.15, 0.2) is 17.6 Å². The number of rotatable bonds is 6. The molecule has 3 heterocycles. The Morgan fingerprint density at radius 3 is 2.66 bits per heavy atom. The molecule has 9 nitrogen and oxygen atoms in total. The van der Waals surface area contributed by atoms with Crippen molar-refractivity contribution in [3.63, 3.8) is 0 Å². The van der Waals surface area contributed by atoms with Crippen LogP contribution in [0.4, 0.5) is 20.3 Å². The van der Waals surface area contributed by atoms with Gasteiger partial charge in [-0.15, -0.1) is 0 Å².